The van der Waals surface area contributed by atoms with Gasteiger partial charge in [0.2, 0.25) is 0 Å². The largest absolute Gasteiger partial charge is 0.465 e. The molecule has 1 aromatic rings. The van der Waals surface area contributed by atoms with Gasteiger partial charge in [-0.15, -0.1) is 0 Å². The normalized spacial score (nSPS) is 19.1. The Morgan fingerprint density at radius 1 is 1.35 bits per heavy atom. The van der Waals surface area contributed by atoms with Crippen molar-refractivity contribution in [1.29, 1.82) is 0 Å². The summed E-state index contributed by atoms with van der Waals surface area (Å²) in [5.74, 6) is 0. The number of piperazine rings is 1. The first-order chi connectivity index (χ1) is 9.47. The molecule has 2 heterocycles. The lowest BCUT2D eigenvalue weighted by molar-refractivity contribution is 0.0593. The first-order valence-electron chi connectivity index (χ1n) is 6.44. The summed E-state index contributed by atoms with van der Waals surface area (Å²) in [5, 5.41) is 22.3. The maximum atomic E-state index is 11.2. The van der Waals surface area contributed by atoms with Crippen molar-refractivity contribution in [2.24, 2.45) is 0 Å². The first-order valence-corrected chi connectivity index (χ1v) is 6.44. The molecule has 110 valence electrons. The smallest absolute Gasteiger partial charge is 0.407 e. The van der Waals surface area contributed by atoms with Gasteiger partial charge in [-0.3, -0.25) is 4.68 Å². The minimum absolute atomic E-state index is 0.210. The van der Waals surface area contributed by atoms with Crippen LogP contribution < -0.4 is 0 Å². The van der Waals surface area contributed by atoms with Crippen molar-refractivity contribution in [3.05, 3.63) is 18.0 Å². The lowest BCUT2D eigenvalue weighted by Gasteiger charge is -2.38. The van der Waals surface area contributed by atoms with E-state index in [-0.39, 0.29) is 25.7 Å². The lowest BCUT2D eigenvalue weighted by Crippen LogP contribution is -2.56. The number of carbonyl (C=O) groups is 2. The Morgan fingerprint density at radius 2 is 2.10 bits per heavy atom. The molecule has 0 saturated carbocycles. The molecule has 0 aromatic carbocycles. The Kier molecular flexibility index (Phi) is 4.11. The molecule has 8 heteroatoms. The van der Waals surface area contributed by atoms with Gasteiger partial charge in [0.1, 0.15) is 0 Å². The van der Waals surface area contributed by atoms with Gasteiger partial charge in [-0.05, 0) is 18.9 Å². The van der Waals surface area contributed by atoms with Gasteiger partial charge in [0.25, 0.3) is 0 Å². The molecular formula is C12H18N4O4. The van der Waals surface area contributed by atoms with E-state index in [1.807, 2.05) is 13.1 Å². The monoisotopic (exact) mass is 282 g/mol. The highest BCUT2D eigenvalue weighted by Gasteiger charge is 2.32. The van der Waals surface area contributed by atoms with Gasteiger partial charge >= 0.3 is 12.2 Å². The van der Waals surface area contributed by atoms with Gasteiger partial charge < -0.3 is 20.0 Å². The van der Waals surface area contributed by atoms with Crippen LogP contribution in [0.1, 0.15) is 12.0 Å². The molecule has 1 aromatic heterocycles. The summed E-state index contributed by atoms with van der Waals surface area (Å²) in [6, 6.07) is -0.332. The van der Waals surface area contributed by atoms with Crippen LogP contribution in [0.15, 0.2) is 12.4 Å². The number of nitrogens with zero attached hydrogens (tertiary/aromatic N) is 4. The van der Waals surface area contributed by atoms with E-state index in [0.717, 1.165) is 5.56 Å². The van der Waals surface area contributed by atoms with Crippen molar-refractivity contribution in [2.45, 2.75) is 25.9 Å². The number of carboxylic acid groups (broad SMARTS) is 2. The number of rotatable bonds is 3. The van der Waals surface area contributed by atoms with Crippen LogP contribution in [0.3, 0.4) is 0 Å². The molecular weight excluding hydrogens is 264 g/mol. The van der Waals surface area contributed by atoms with E-state index in [1.54, 1.807) is 10.9 Å². The van der Waals surface area contributed by atoms with Crippen LogP contribution in [-0.4, -0.2) is 67.7 Å². The molecule has 0 unspecified atom stereocenters. The molecule has 2 N–H and O–H groups in total. The fourth-order valence-electron chi connectivity index (χ4n) is 2.40. The fraction of sp³-hybridized carbons (Fsp3) is 0.583. The molecule has 1 fully saturated rings. The minimum atomic E-state index is -1.00. The fourth-order valence-corrected chi connectivity index (χ4v) is 2.40. The molecule has 1 aliphatic heterocycles. The minimum Gasteiger partial charge on any atom is -0.465 e. The zero-order valence-corrected chi connectivity index (χ0v) is 11.3. The zero-order chi connectivity index (χ0) is 14.7. The Balaban J connectivity index is 1.99. The van der Waals surface area contributed by atoms with Crippen LogP contribution >= 0.6 is 0 Å². The predicted octanol–water partition coefficient (Wildman–Crippen LogP) is 0.924. The Hall–Kier alpha value is -2.25. The molecule has 1 saturated heterocycles. The van der Waals surface area contributed by atoms with Crippen LogP contribution in [0.2, 0.25) is 0 Å². The zero-order valence-electron chi connectivity index (χ0n) is 11.3. The third-order valence-corrected chi connectivity index (χ3v) is 3.45. The highest BCUT2D eigenvalue weighted by molar-refractivity contribution is 5.68. The van der Waals surface area contributed by atoms with Crippen LogP contribution in [0.5, 0.6) is 0 Å². The van der Waals surface area contributed by atoms with E-state index in [9.17, 15) is 14.7 Å². The first kappa shape index (κ1) is 14.2. The Labute approximate surface area is 116 Å². The van der Waals surface area contributed by atoms with Crippen LogP contribution in [0, 0.1) is 6.92 Å². The Bertz CT molecular complexity index is 501. The summed E-state index contributed by atoms with van der Waals surface area (Å²) in [4.78, 5) is 24.8. The summed E-state index contributed by atoms with van der Waals surface area (Å²) in [6.45, 7) is 3.14. The van der Waals surface area contributed by atoms with E-state index in [0.29, 0.717) is 13.0 Å². The van der Waals surface area contributed by atoms with Crippen LogP contribution in [0.25, 0.3) is 0 Å². The number of aromatic nitrogens is 2. The molecule has 20 heavy (non-hydrogen) atoms. The second-order valence-corrected chi connectivity index (χ2v) is 4.93. The summed E-state index contributed by atoms with van der Waals surface area (Å²) in [5.41, 5.74) is 1.04. The second kappa shape index (κ2) is 5.81. The molecule has 1 aliphatic rings. The summed E-state index contributed by atoms with van der Waals surface area (Å²) >= 11 is 0. The highest BCUT2D eigenvalue weighted by Crippen LogP contribution is 2.14. The van der Waals surface area contributed by atoms with Crippen molar-refractivity contribution < 1.29 is 19.8 Å². The van der Waals surface area contributed by atoms with E-state index in [2.05, 4.69) is 5.10 Å². The van der Waals surface area contributed by atoms with Crippen molar-refractivity contribution in [2.75, 3.05) is 19.6 Å². The van der Waals surface area contributed by atoms with Gasteiger partial charge in [0.15, 0.2) is 0 Å². The molecule has 2 amide bonds. The standard InChI is InChI=1S/C12H18N4O4/c1-9-6-13-15(7-9)3-2-10-8-14(11(17)18)4-5-16(10)12(19)20/h6-7,10H,2-5,8H2,1H3,(H,17,18)(H,19,20)/t10-/m1/s1. The molecule has 1 atom stereocenters. The van der Waals surface area contributed by atoms with E-state index >= 15 is 0 Å². The van der Waals surface area contributed by atoms with Gasteiger partial charge in [-0.25, -0.2) is 9.59 Å². The van der Waals surface area contributed by atoms with Crippen molar-refractivity contribution in [1.82, 2.24) is 19.6 Å². The predicted molar refractivity (Wildman–Crippen MR) is 69.7 cm³/mol. The molecule has 0 bridgehead atoms. The van der Waals surface area contributed by atoms with E-state index in [4.69, 9.17) is 5.11 Å². The second-order valence-electron chi connectivity index (χ2n) is 4.93. The van der Waals surface area contributed by atoms with Crippen LogP contribution in [0.4, 0.5) is 9.59 Å². The molecule has 0 aliphatic carbocycles. The number of hydrogen-bond acceptors (Lipinski definition) is 3. The topological polar surface area (TPSA) is 98.9 Å². The molecule has 0 radical (unpaired) electrons. The third-order valence-electron chi connectivity index (χ3n) is 3.45. The summed E-state index contributed by atoms with van der Waals surface area (Å²) in [7, 11) is 0. The van der Waals surface area contributed by atoms with Gasteiger partial charge in [-0.1, -0.05) is 0 Å². The quantitative estimate of drug-likeness (QED) is 0.859. The van der Waals surface area contributed by atoms with E-state index in [1.165, 1.54) is 9.80 Å². The van der Waals surface area contributed by atoms with Gasteiger partial charge in [-0.2, -0.15) is 5.10 Å². The maximum absolute atomic E-state index is 11.2. The Morgan fingerprint density at radius 3 is 2.65 bits per heavy atom. The average molecular weight is 282 g/mol. The number of aryl methyl sites for hydroxylation is 2. The number of hydrogen-bond donors (Lipinski definition) is 2. The molecule has 2 rings (SSSR count). The van der Waals surface area contributed by atoms with Gasteiger partial charge in [0.05, 0.1) is 12.2 Å². The SMILES string of the molecule is Cc1cnn(CC[C@@H]2CN(C(=O)O)CCN2C(=O)O)c1. The van der Waals surface area contributed by atoms with Gasteiger partial charge in [0, 0.05) is 32.4 Å². The average Bonchev–Trinajstić information content (AvgIpc) is 2.81. The number of amides is 2. The van der Waals surface area contributed by atoms with Crippen LogP contribution in [-0.2, 0) is 6.54 Å². The maximum Gasteiger partial charge on any atom is 0.407 e. The molecule has 0 spiro atoms. The summed E-state index contributed by atoms with van der Waals surface area (Å²) in [6.07, 6.45) is 2.14. The lowest BCUT2D eigenvalue weighted by atomic mass is 10.1. The van der Waals surface area contributed by atoms with Crippen molar-refractivity contribution in [3.8, 4) is 0 Å². The third kappa shape index (κ3) is 3.19. The summed E-state index contributed by atoms with van der Waals surface area (Å²) < 4.78 is 1.75. The van der Waals surface area contributed by atoms with Crippen molar-refractivity contribution in [3.63, 3.8) is 0 Å². The molecule has 8 nitrogen and oxygen atoms in total. The highest BCUT2D eigenvalue weighted by atomic mass is 16.4. The van der Waals surface area contributed by atoms with E-state index < -0.39 is 12.2 Å². The van der Waals surface area contributed by atoms with Crippen molar-refractivity contribution >= 4 is 12.2 Å².